The van der Waals surface area contributed by atoms with Gasteiger partial charge >= 0.3 is 0 Å². The molecule has 0 spiro atoms. The molecule has 0 unspecified atom stereocenters. The van der Waals surface area contributed by atoms with Gasteiger partial charge in [0.1, 0.15) is 23.0 Å². The molecule has 1 aromatic heterocycles. The van der Waals surface area contributed by atoms with E-state index in [-0.39, 0.29) is 45.8 Å². The van der Waals surface area contributed by atoms with Gasteiger partial charge in [0.05, 0.1) is 22.3 Å². The lowest BCUT2D eigenvalue weighted by Crippen LogP contribution is -2.17. The summed E-state index contributed by atoms with van der Waals surface area (Å²) in [6, 6.07) is 29.5. The number of nitro benzene ring substituents is 2. The molecule has 0 aliphatic rings. The second-order valence-corrected chi connectivity index (χ2v) is 11.1. The molecule has 49 heavy (non-hydrogen) atoms. The molecule has 1 heterocycles. The highest BCUT2D eigenvalue weighted by Gasteiger charge is 2.30. The van der Waals surface area contributed by atoms with Gasteiger partial charge in [0.15, 0.2) is 11.5 Å². The van der Waals surface area contributed by atoms with E-state index in [2.05, 4.69) is 21.1 Å². The zero-order valence-electron chi connectivity index (χ0n) is 25.4. The number of nitro groups is 2. The SMILES string of the molecule is O=C(N/N=C\c1ccc([N+](=O)[O-])cc1)c1sc(C(=O)N/N=C\c2ccc([N+](=O)[O-])cc2)c(OCc2ccccc2)c1OCc1ccccc1. The third-order valence-electron chi connectivity index (χ3n) is 6.65. The van der Waals surface area contributed by atoms with Crippen molar-refractivity contribution in [3.63, 3.8) is 0 Å². The molecule has 5 aromatic rings. The van der Waals surface area contributed by atoms with Crippen molar-refractivity contribution >= 4 is 47.0 Å². The number of amides is 2. The molecule has 2 N–H and O–H groups in total. The molecule has 0 fully saturated rings. The third kappa shape index (κ3) is 9.17. The predicted octanol–water partition coefficient (Wildman–Crippen LogP) is 6.25. The van der Waals surface area contributed by atoms with Crippen LogP contribution in [0.5, 0.6) is 11.5 Å². The van der Waals surface area contributed by atoms with Crippen LogP contribution in [0.2, 0.25) is 0 Å². The van der Waals surface area contributed by atoms with Crippen LogP contribution < -0.4 is 20.3 Å². The number of ether oxygens (including phenoxy) is 2. The van der Waals surface area contributed by atoms with E-state index >= 15 is 0 Å². The Balaban J connectivity index is 1.44. The number of rotatable bonds is 14. The van der Waals surface area contributed by atoms with Gasteiger partial charge in [-0.3, -0.25) is 29.8 Å². The Labute approximate surface area is 282 Å². The van der Waals surface area contributed by atoms with Crippen LogP contribution in [0, 0.1) is 20.2 Å². The maximum absolute atomic E-state index is 13.5. The number of carbonyl (C=O) groups excluding carboxylic acids is 2. The van der Waals surface area contributed by atoms with Crippen LogP contribution in [0.4, 0.5) is 11.4 Å². The van der Waals surface area contributed by atoms with Crippen molar-refractivity contribution < 1.29 is 28.9 Å². The fourth-order valence-electron chi connectivity index (χ4n) is 4.22. The van der Waals surface area contributed by atoms with Crippen LogP contribution in [0.15, 0.2) is 119 Å². The first-order chi connectivity index (χ1) is 23.8. The third-order valence-corrected chi connectivity index (χ3v) is 7.80. The van der Waals surface area contributed by atoms with E-state index in [1.807, 2.05) is 60.7 Å². The van der Waals surface area contributed by atoms with E-state index in [1.54, 1.807) is 0 Å². The van der Waals surface area contributed by atoms with Gasteiger partial charge in [-0.15, -0.1) is 11.3 Å². The number of non-ortho nitro benzene ring substituents is 2. The van der Waals surface area contributed by atoms with Gasteiger partial charge in [-0.1, -0.05) is 60.7 Å². The molecule has 2 amide bonds. The fourth-order valence-corrected chi connectivity index (χ4v) is 5.19. The van der Waals surface area contributed by atoms with Crippen molar-refractivity contribution in [1.29, 1.82) is 0 Å². The zero-order valence-corrected chi connectivity index (χ0v) is 26.2. The summed E-state index contributed by atoms with van der Waals surface area (Å²) in [5.74, 6) is -1.39. The second kappa shape index (κ2) is 16.2. The Kier molecular flexibility index (Phi) is 11.1. The highest BCUT2D eigenvalue weighted by Crippen LogP contribution is 2.43. The Morgan fingerprint density at radius 1 is 0.612 bits per heavy atom. The molecular formula is C34H26N6O8S. The van der Waals surface area contributed by atoms with Gasteiger partial charge < -0.3 is 9.47 Å². The topological polar surface area (TPSA) is 188 Å². The number of nitrogens with zero attached hydrogens (tertiary/aromatic N) is 4. The highest BCUT2D eigenvalue weighted by atomic mass is 32.1. The molecule has 0 saturated carbocycles. The number of hydrogen-bond donors (Lipinski definition) is 2. The first-order valence-electron chi connectivity index (χ1n) is 14.4. The molecule has 0 atom stereocenters. The van der Waals surface area contributed by atoms with Crippen molar-refractivity contribution in [2.75, 3.05) is 0 Å². The predicted molar refractivity (Wildman–Crippen MR) is 182 cm³/mol. The molecular weight excluding hydrogens is 652 g/mol. The second-order valence-electron chi connectivity index (χ2n) is 10.1. The normalized spacial score (nSPS) is 10.9. The molecule has 0 aliphatic carbocycles. The lowest BCUT2D eigenvalue weighted by molar-refractivity contribution is -0.385. The van der Waals surface area contributed by atoms with E-state index in [0.717, 1.165) is 22.5 Å². The Morgan fingerprint density at radius 3 is 1.33 bits per heavy atom. The van der Waals surface area contributed by atoms with Crippen molar-refractivity contribution in [2.45, 2.75) is 13.2 Å². The summed E-state index contributed by atoms with van der Waals surface area (Å²) in [4.78, 5) is 47.8. The first kappa shape index (κ1) is 33.6. The minimum atomic E-state index is -0.704. The minimum Gasteiger partial charge on any atom is -0.483 e. The highest BCUT2D eigenvalue weighted by molar-refractivity contribution is 7.16. The van der Waals surface area contributed by atoms with E-state index < -0.39 is 21.7 Å². The Hall–Kier alpha value is -6.74. The average Bonchev–Trinajstić information content (AvgIpc) is 3.49. The van der Waals surface area contributed by atoms with Crippen molar-refractivity contribution in [3.05, 3.63) is 161 Å². The summed E-state index contributed by atoms with van der Waals surface area (Å²) in [6.07, 6.45) is 2.63. The first-order valence-corrected chi connectivity index (χ1v) is 15.3. The van der Waals surface area contributed by atoms with Crippen LogP contribution in [-0.2, 0) is 13.2 Å². The van der Waals surface area contributed by atoms with Gasteiger partial charge in [0.25, 0.3) is 23.2 Å². The molecule has 0 bridgehead atoms. The molecule has 14 nitrogen and oxygen atoms in total. The van der Waals surface area contributed by atoms with E-state index in [1.165, 1.54) is 61.0 Å². The van der Waals surface area contributed by atoms with Gasteiger partial charge in [-0.2, -0.15) is 10.2 Å². The summed E-state index contributed by atoms with van der Waals surface area (Å²) < 4.78 is 12.3. The van der Waals surface area contributed by atoms with Gasteiger partial charge in [-0.25, -0.2) is 10.9 Å². The van der Waals surface area contributed by atoms with Gasteiger partial charge in [0.2, 0.25) is 0 Å². The molecule has 4 aromatic carbocycles. The standard InChI is InChI=1S/C34H26N6O8S/c41-33(37-35-19-23-11-15-27(16-12-23)39(43)44)31-29(47-21-25-7-3-1-4-8-25)30(48-22-26-9-5-2-6-10-26)32(49-31)34(42)38-36-20-24-13-17-28(18-14-24)40(45)46/h1-20H,21-22H2,(H,37,41)(H,38,42)/b35-19-,36-20-. The molecule has 246 valence electrons. The summed E-state index contributed by atoms with van der Waals surface area (Å²) in [7, 11) is 0. The summed E-state index contributed by atoms with van der Waals surface area (Å²) in [6.45, 7) is 0.0932. The smallest absolute Gasteiger partial charge is 0.285 e. The van der Waals surface area contributed by atoms with E-state index in [4.69, 9.17) is 9.47 Å². The lowest BCUT2D eigenvalue weighted by Gasteiger charge is -2.12. The van der Waals surface area contributed by atoms with E-state index in [9.17, 15) is 29.8 Å². The molecule has 0 aliphatic heterocycles. The average molecular weight is 679 g/mol. The lowest BCUT2D eigenvalue weighted by atomic mass is 10.2. The van der Waals surface area contributed by atoms with Crippen molar-refractivity contribution in [1.82, 2.24) is 10.9 Å². The summed E-state index contributed by atoms with van der Waals surface area (Å²) in [5.41, 5.74) is 7.23. The van der Waals surface area contributed by atoms with Crippen molar-refractivity contribution in [3.8, 4) is 11.5 Å². The van der Waals surface area contributed by atoms with Crippen LogP contribution in [0.1, 0.15) is 41.6 Å². The maximum atomic E-state index is 13.5. The number of hydrazone groups is 2. The molecule has 0 radical (unpaired) electrons. The van der Waals surface area contributed by atoms with E-state index in [0.29, 0.717) is 11.1 Å². The number of hydrogen-bond acceptors (Lipinski definition) is 11. The van der Waals surface area contributed by atoms with Gasteiger partial charge in [0, 0.05) is 24.3 Å². The largest absolute Gasteiger partial charge is 0.483 e. The fraction of sp³-hybridized carbons (Fsp3) is 0.0588. The number of thiophene rings is 1. The van der Waals surface area contributed by atoms with Crippen LogP contribution in [0.25, 0.3) is 0 Å². The molecule has 0 saturated heterocycles. The number of nitrogens with one attached hydrogen (secondary N) is 2. The Morgan fingerprint density at radius 2 is 0.980 bits per heavy atom. The number of carbonyl (C=O) groups is 2. The molecule has 15 heteroatoms. The summed E-state index contributed by atoms with van der Waals surface area (Å²) >= 11 is 0.804. The van der Waals surface area contributed by atoms with Crippen LogP contribution >= 0.6 is 11.3 Å². The monoisotopic (exact) mass is 678 g/mol. The zero-order chi connectivity index (χ0) is 34.6. The Bertz CT molecular complexity index is 1860. The summed E-state index contributed by atoms with van der Waals surface area (Å²) in [5, 5.41) is 29.8. The minimum absolute atomic E-state index is 0.00987. The maximum Gasteiger partial charge on any atom is 0.285 e. The van der Waals surface area contributed by atoms with Crippen LogP contribution in [0.3, 0.4) is 0 Å². The quantitative estimate of drug-likeness (QED) is 0.0783. The van der Waals surface area contributed by atoms with Gasteiger partial charge in [-0.05, 0) is 46.5 Å². The number of benzene rings is 4. The van der Waals surface area contributed by atoms with Crippen molar-refractivity contribution in [2.24, 2.45) is 10.2 Å². The molecule has 5 rings (SSSR count). The van der Waals surface area contributed by atoms with Crippen LogP contribution in [-0.4, -0.2) is 34.1 Å².